The Balaban J connectivity index is 1.52. The van der Waals surface area contributed by atoms with Crippen molar-refractivity contribution in [2.75, 3.05) is 14.2 Å². The van der Waals surface area contributed by atoms with E-state index in [1.54, 1.807) is 14.2 Å². The zero-order valence-corrected chi connectivity index (χ0v) is 19.5. The lowest BCUT2D eigenvalue weighted by Crippen LogP contribution is -2.07. The number of rotatable bonds is 7. The molecule has 0 bridgehead atoms. The first-order chi connectivity index (χ1) is 16.2. The van der Waals surface area contributed by atoms with E-state index in [-0.39, 0.29) is 0 Å². The minimum absolute atomic E-state index is 0.714. The van der Waals surface area contributed by atoms with Crippen LogP contribution in [0, 0.1) is 0 Å². The van der Waals surface area contributed by atoms with Crippen LogP contribution in [0.1, 0.15) is 17.0 Å². The summed E-state index contributed by atoms with van der Waals surface area (Å²) in [5.74, 6) is 2.51. The maximum absolute atomic E-state index is 6.36. The van der Waals surface area contributed by atoms with Crippen molar-refractivity contribution < 1.29 is 9.47 Å². The molecule has 1 heterocycles. The molecule has 0 aliphatic carbocycles. The van der Waals surface area contributed by atoms with E-state index in [0.29, 0.717) is 5.02 Å². The molecule has 33 heavy (non-hydrogen) atoms. The van der Waals surface area contributed by atoms with Gasteiger partial charge in [0.25, 0.3) is 0 Å². The number of aryl methyl sites for hydroxylation is 2. The molecule has 0 fully saturated rings. The number of hydrogen-bond donors (Lipinski definition) is 0. The largest absolute Gasteiger partial charge is 0.493 e. The van der Waals surface area contributed by atoms with Crippen molar-refractivity contribution >= 4 is 33.4 Å². The topological polar surface area (TPSA) is 36.3 Å². The molecule has 4 nitrogen and oxygen atoms in total. The van der Waals surface area contributed by atoms with Gasteiger partial charge in [-0.25, -0.2) is 4.98 Å². The second kappa shape index (κ2) is 9.16. The SMILES string of the molecule is COc1ccc(CCn2c(Cc3cccc4ccccc34)nc3ccc(Cl)cc32)cc1OC. The van der Waals surface area contributed by atoms with E-state index in [0.717, 1.165) is 47.7 Å². The molecule has 0 radical (unpaired) electrons. The highest BCUT2D eigenvalue weighted by molar-refractivity contribution is 6.31. The Morgan fingerprint density at radius 3 is 2.52 bits per heavy atom. The van der Waals surface area contributed by atoms with E-state index in [1.807, 2.05) is 30.3 Å². The van der Waals surface area contributed by atoms with Crippen LogP contribution in [0.25, 0.3) is 21.8 Å². The molecule has 4 aromatic carbocycles. The fourth-order valence-corrected chi connectivity index (χ4v) is 4.59. The van der Waals surface area contributed by atoms with Crippen LogP contribution in [0.4, 0.5) is 0 Å². The molecule has 0 aliphatic heterocycles. The van der Waals surface area contributed by atoms with Crippen LogP contribution in [0.5, 0.6) is 11.5 Å². The highest BCUT2D eigenvalue weighted by atomic mass is 35.5. The first-order valence-corrected chi connectivity index (χ1v) is 11.4. The number of fused-ring (bicyclic) bond motifs is 2. The minimum atomic E-state index is 0.714. The van der Waals surface area contributed by atoms with E-state index >= 15 is 0 Å². The summed E-state index contributed by atoms with van der Waals surface area (Å²) < 4.78 is 13.2. The highest BCUT2D eigenvalue weighted by Gasteiger charge is 2.14. The molecular weight excluding hydrogens is 432 g/mol. The minimum Gasteiger partial charge on any atom is -0.493 e. The number of benzene rings is 4. The number of imidazole rings is 1. The Bertz CT molecular complexity index is 1440. The second-order valence-electron chi connectivity index (χ2n) is 8.07. The molecule has 0 amide bonds. The van der Waals surface area contributed by atoms with E-state index in [4.69, 9.17) is 26.1 Å². The lowest BCUT2D eigenvalue weighted by molar-refractivity contribution is 0.354. The maximum Gasteiger partial charge on any atom is 0.160 e. The molecule has 0 N–H and O–H groups in total. The van der Waals surface area contributed by atoms with Crippen LogP contribution in [0.15, 0.2) is 78.9 Å². The molecule has 166 valence electrons. The van der Waals surface area contributed by atoms with Gasteiger partial charge in [-0.3, -0.25) is 0 Å². The fourth-order valence-electron chi connectivity index (χ4n) is 4.42. The Kier molecular flexibility index (Phi) is 5.93. The van der Waals surface area contributed by atoms with Gasteiger partial charge in [0.1, 0.15) is 5.82 Å². The smallest absolute Gasteiger partial charge is 0.160 e. The van der Waals surface area contributed by atoms with Crippen LogP contribution < -0.4 is 9.47 Å². The van der Waals surface area contributed by atoms with Crippen molar-refractivity contribution in [3.63, 3.8) is 0 Å². The van der Waals surface area contributed by atoms with Crippen molar-refractivity contribution in [2.45, 2.75) is 19.4 Å². The Morgan fingerprint density at radius 2 is 1.67 bits per heavy atom. The number of halogens is 1. The van der Waals surface area contributed by atoms with Gasteiger partial charge in [0.15, 0.2) is 11.5 Å². The molecule has 5 heteroatoms. The number of hydrogen-bond acceptors (Lipinski definition) is 3. The third-order valence-electron chi connectivity index (χ3n) is 6.09. The van der Waals surface area contributed by atoms with Crippen LogP contribution >= 0.6 is 11.6 Å². The number of methoxy groups -OCH3 is 2. The summed E-state index contributed by atoms with van der Waals surface area (Å²) in [6.45, 7) is 0.784. The summed E-state index contributed by atoms with van der Waals surface area (Å²) in [5.41, 5.74) is 4.45. The van der Waals surface area contributed by atoms with Gasteiger partial charge in [-0.05, 0) is 58.7 Å². The predicted octanol–water partition coefficient (Wildman–Crippen LogP) is 6.69. The first-order valence-electron chi connectivity index (χ1n) is 11.0. The summed E-state index contributed by atoms with van der Waals surface area (Å²) >= 11 is 6.36. The third-order valence-corrected chi connectivity index (χ3v) is 6.32. The molecule has 0 saturated heterocycles. The quantitative estimate of drug-likeness (QED) is 0.273. The molecule has 0 aliphatic rings. The number of aromatic nitrogens is 2. The molecule has 0 atom stereocenters. The fraction of sp³-hybridized carbons (Fsp3) is 0.179. The van der Waals surface area contributed by atoms with E-state index < -0.39 is 0 Å². The van der Waals surface area contributed by atoms with E-state index in [1.165, 1.54) is 21.9 Å². The van der Waals surface area contributed by atoms with Crippen LogP contribution in [0.2, 0.25) is 5.02 Å². The van der Waals surface area contributed by atoms with Crippen LogP contribution in [-0.2, 0) is 19.4 Å². The lowest BCUT2D eigenvalue weighted by atomic mass is 10.0. The van der Waals surface area contributed by atoms with Gasteiger partial charge in [-0.1, -0.05) is 60.1 Å². The van der Waals surface area contributed by atoms with Crippen LogP contribution in [0.3, 0.4) is 0 Å². The van der Waals surface area contributed by atoms with Gasteiger partial charge >= 0.3 is 0 Å². The molecule has 0 spiro atoms. The monoisotopic (exact) mass is 456 g/mol. The van der Waals surface area contributed by atoms with Gasteiger partial charge in [0, 0.05) is 18.0 Å². The van der Waals surface area contributed by atoms with Crippen molar-refractivity contribution in [3.8, 4) is 11.5 Å². The molecule has 0 unspecified atom stereocenters. The summed E-state index contributed by atoms with van der Waals surface area (Å²) in [7, 11) is 3.31. The van der Waals surface area contributed by atoms with E-state index in [2.05, 4.69) is 53.1 Å². The van der Waals surface area contributed by atoms with Crippen LogP contribution in [-0.4, -0.2) is 23.8 Å². The number of ether oxygens (including phenoxy) is 2. The molecular formula is C28H25ClN2O2. The molecule has 5 aromatic rings. The van der Waals surface area contributed by atoms with Gasteiger partial charge in [-0.2, -0.15) is 0 Å². The van der Waals surface area contributed by atoms with Crippen molar-refractivity contribution in [3.05, 3.63) is 101 Å². The molecule has 1 aromatic heterocycles. The van der Waals surface area contributed by atoms with Gasteiger partial charge in [0.2, 0.25) is 0 Å². The van der Waals surface area contributed by atoms with Gasteiger partial charge in [-0.15, -0.1) is 0 Å². The highest BCUT2D eigenvalue weighted by Crippen LogP contribution is 2.29. The standard InChI is InChI=1S/C28H25ClN2O2/c1-32-26-13-10-19(16-27(26)33-2)14-15-31-25-18-22(29)11-12-24(25)30-28(31)17-21-8-5-7-20-6-3-4-9-23(20)21/h3-13,16,18H,14-15,17H2,1-2H3. The van der Waals surface area contributed by atoms with Crippen molar-refractivity contribution in [1.29, 1.82) is 0 Å². The zero-order chi connectivity index (χ0) is 22.8. The second-order valence-corrected chi connectivity index (χ2v) is 8.50. The Labute approximate surface area is 198 Å². The normalized spacial score (nSPS) is 11.2. The first kappa shape index (κ1) is 21.4. The summed E-state index contributed by atoms with van der Waals surface area (Å²) in [6, 6.07) is 26.9. The Hall–Kier alpha value is -3.50. The Morgan fingerprint density at radius 1 is 0.848 bits per heavy atom. The lowest BCUT2D eigenvalue weighted by Gasteiger charge is -2.13. The van der Waals surface area contributed by atoms with Gasteiger partial charge in [0.05, 0.1) is 25.3 Å². The molecule has 0 saturated carbocycles. The van der Waals surface area contributed by atoms with Crippen molar-refractivity contribution in [1.82, 2.24) is 9.55 Å². The average molecular weight is 457 g/mol. The van der Waals surface area contributed by atoms with E-state index in [9.17, 15) is 0 Å². The van der Waals surface area contributed by atoms with Crippen molar-refractivity contribution in [2.24, 2.45) is 0 Å². The third kappa shape index (κ3) is 4.27. The molecule has 5 rings (SSSR count). The summed E-state index contributed by atoms with van der Waals surface area (Å²) in [6.07, 6.45) is 1.58. The zero-order valence-electron chi connectivity index (χ0n) is 18.7. The summed E-state index contributed by atoms with van der Waals surface area (Å²) in [4.78, 5) is 4.99. The maximum atomic E-state index is 6.36. The average Bonchev–Trinajstić information content (AvgIpc) is 3.18. The van der Waals surface area contributed by atoms with Gasteiger partial charge < -0.3 is 14.0 Å². The number of nitrogens with zero attached hydrogens (tertiary/aromatic N) is 2. The summed E-state index contributed by atoms with van der Waals surface area (Å²) in [5, 5.41) is 3.22. The predicted molar refractivity (Wildman–Crippen MR) is 135 cm³/mol.